The van der Waals surface area contributed by atoms with E-state index in [-0.39, 0.29) is 6.10 Å². The fourth-order valence-corrected chi connectivity index (χ4v) is 0.745. The van der Waals surface area contributed by atoms with E-state index in [0.29, 0.717) is 0 Å². The van der Waals surface area contributed by atoms with Gasteiger partial charge >= 0.3 is 0 Å². The van der Waals surface area contributed by atoms with Crippen LogP contribution in [0.5, 0.6) is 0 Å². The summed E-state index contributed by atoms with van der Waals surface area (Å²) in [5.74, 6) is 0. The number of quaternary nitrogens is 1. The first kappa shape index (κ1) is 4.09. The van der Waals surface area contributed by atoms with Crippen LogP contribution in [0, 0.1) is 0 Å². The van der Waals surface area contributed by atoms with Crippen molar-refractivity contribution in [2.45, 2.75) is 6.10 Å². The molecular weight excluding hydrogens is 78.0 g/mol. The maximum Gasteiger partial charge on any atom is 0.152 e. The van der Waals surface area contributed by atoms with Gasteiger partial charge in [0.2, 0.25) is 0 Å². The van der Waals surface area contributed by atoms with Gasteiger partial charge in [0.25, 0.3) is 0 Å². The van der Waals surface area contributed by atoms with Crippen molar-refractivity contribution in [1.82, 2.24) is 0 Å². The molecular formula is C4H10NO+. The van der Waals surface area contributed by atoms with E-state index in [1.165, 1.54) is 4.90 Å². The summed E-state index contributed by atoms with van der Waals surface area (Å²) in [7, 11) is 2.08. The van der Waals surface area contributed by atoms with Crippen LogP contribution < -0.4 is 4.90 Å². The third kappa shape index (κ3) is 0.533. The van der Waals surface area contributed by atoms with Crippen LogP contribution >= 0.6 is 0 Å². The molecule has 0 unspecified atom stereocenters. The molecule has 0 aromatic carbocycles. The Bertz CT molecular complexity index is 43.5. The highest BCUT2D eigenvalue weighted by Gasteiger charge is 2.24. The number of likely N-dealkylation sites (tertiary alicyclic amines) is 1. The number of nitrogens with one attached hydrogen (secondary N) is 1. The van der Waals surface area contributed by atoms with Gasteiger partial charge in [0, 0.05) is 0 Å². The lowest BCUT2D eigenvalue weighted by atomic mass is 10.2. The van der Waals surface area contributed by atoms with Crippen molar-refractivity contribution in [3.8, 4) is 0 Å². The van der Waals surface area contributed by atoms with Gasteiger partial charge in [-0.25, -0.2) is 0 Å². The van der Waals surface area contributed by atoms with Crippen LogP contribution in [0.2, 0.25) is 0 Å². The Morgan fingerprint density at radius 1 is 1.67 bits per heavy atom. The van der Waals surface area contributed by atoms with Gasteiger partial charge in [-0.05, 0) is 0 Å². The minimum absolute atomic E-state index is 0.00463. The van der Waals surface area contributed by atoms with Gasteiger partial charge in [0.15, 0.2) is 6.10 Å². The minimum Gasteiger partial charge on any atom is -0.382 e. The molecule has 1 rings (SSSR count). The lowest BCUT2D eigenvalue weighted by Crippen LogP contribution is -3.18. The van der Waals surface area contributed by atoms with Gasteiger partial charge in [-0.3, -0.25) is 0 Å². The molecule has 0 aromatic heterocycles. The van der Waals surface area contributed by atoms with Crippen molar-refractivity contribution in [1.29, 1.82) is 0 Å². The molecule has 0 aliphatic carbocycles. The highest BCUT2D eigenvalue weighted by Crippen LogP contribution is 1.77. The number of hydrogen-bond donors (Lipinski definition) is 2. The van der Waals surface area contributed by atoms with Gasteiger partial charge in [-0.15, -0.1) is 0 Å². The standard InChI is InChI=1S/C4H9NO/c1-5-2-4(6)3-5/h4,6H,2-3H2,1H3/p+1. The Kier molecular flexibility index (Phi) is 0.821. The summed E-state index contributed by atoms with van der Waals surface area (Å²) in [6.45, 7) is 1.89. The molecule has 1 fully saturated rings. The fourth-order valence-electron chi connectivity index (χ4n) is 0.745. The number of aliphatic hydroxyl groups excluding tert-OH is 1. The highest BCUT2D eigenvalue weighted by molar-refractivity contribution is 4.55. The first-order chi connectivity index (χ1) is 2.79. The molecule has 0 radical (unpaired) electrons. The van der Waals surface area contributed by atoms with Crippen LogP contribution in [0.15, 0.2) is 0 Å². The predicted octanol–water partition coefficient (Wildman–Crippen LogP) is -2.12. The van der Waals surface area contributed by atoms with Gasteiger partial charge in [0.05, 0.1) is 7.05 Å². The molecule has 1 heterocycles. The topological polar surface area (TPSA) is 24.7 Å². The zero-order valence-corrected chi connectivity index (χ0v) is 3.94. The Morgan fingerprint density at radius 3 is 2.17 bits per heavy atom. The average molecular weight is 88.1 g/mol. The van der Waals surface area contributed by atoms with E-state index in [2.05, 4.69) is 7.05 Å². The first-order valence-electron chi connectivity index (χ1n) is 2.28. The molecule has 0 saturated carbocycles. The quantitative estimate of drug-likeness (QED) is 0.347. The van der Waals surface area contributed by atoms with Crippen LogP contribution in [-0.2, 0) is 0 Å². The molecule has 0 bridgehead atoms. The molecule has 6 heavy (non-hydrogen) atoms. The molecule has 2 N–H and O–H groups in total. The summed E-state index contributed by atoms with van der Waals surface area (Å²) >= 11 is 0. The van der Waals surface area contributed by atoms with Gasteiger partial charge in [0.1, 0.15) is 13.1 Å². The largest absolute Gasteiger partial charge is 0.382 e. The first-order valence-corrected chi connectivity index (χ1v) is 2.28. The third-order valence-electron chi connectivity index (χ3n) is 1.17. The van der Waals surface area contributed by atoms with E-state index in [0.717, 1.165) is 13.1 Å². The highest BCUT2D eigenvalue weighted by atomic mass is 16.3. The molecule has 1 aliphatic rings. The second-order valence-electron chi connectivity index (χ2n) is 2.02. The van der Waals surface area contributed by atoms with Gasteiger partial charge < -0.3 is 10.0 Å². The van der Waals surface area contributed by atoms with Crippen LogP contribution in [0.25, 0.3) is 0 Å². The Labute approximate surface area is 37.4 Å². The smallest absolute Gasteiger partial charge is 0.152 e. The Balaban J connectivity index is 2.11. The number of likely N-dealkylation sites (N-methyl/N-ethyl adjacent to an activating group) is 1. The molecule has 0 spiro atoms. The number of aliphatic hydroxyl groups is 1. The summed E-state index contributed by atoms with van der Waals surface area (Å²) in [5, 5.41) is 8.60. The van der Waals surface area contributed by atoms with Crippen molar-refractivity contribution in [2.24, 2.45) is 0 Å². The van der Waals surface area contributed by atoms with Gasteiger partial charge in [-0.1, -0.05) is 0 Å². The zero-order chi connectivity index (χ0) is 4.57. The molecule has 2 nitrogen and oxygen atoms in total. The second-order valence-corrected chi connectivity index (χ2v) is 2.02. The summed E-state index contributed by atoms with van der Waals surface area (Å²) in [6.07, 6.45) is 0.00463. The van der Waals surface area contributed by atoms with E-state index in [4.69, 9.17) is 5.11 Å². The molecule has 0 atom stereocenters. The normalized spacial score (nSPS) is 45.0. The van der Waals surface area contributed by atoms with Gasteiger partial charge in [-0.2, -0.15) is 0 Å². The van der Waals surface area contributed by atoms with E-state index in [1.807, 2.05) is 0 Å². The van der Waals surface area contributed by atoms with Crippen LogP contribution in [-0.4, -0.2) is 31.3 Å². The van der Waals surface area contributed by atoms with Crippen molar-refractivity contribution in [2.75, 3.05) is 20.1 Å². The molecule has 0 amide bonds. The second kappa shape index (κ2) is 1.21. The van der Waals surface area contributed by atoms with E-state index in [9.17, 15) is 0 Å². The fraction of sp³-hybridized carbons (Fsp3) is 1.00. The SMILES string of the molecule is C[NH+]1CC(O)C1. The number of rotatable bonds is 0. The predicted molar refractivity (Wildman–Crippen MR) is 22.6 cm³/mol. The maximum absolute atomic E-state index is 8.60. The monoisotopic (exact) mass is 88.1 g/mol. The Hall–Kier alpha value is -0.0800. The summed E-state index contributed by atoms with van der Waals surface area (Å²) in [6, 6.07) is 0. The maximum atomic E-state index is 8.60. The van der Waals surface area contributed by atoms with Crippen molar-refractivity contribution in [3.63, 3.8) is 0 Å². The van der Waals surface area contributed by atoms with Crippen LogP contribution in [0.4, 0.5) is 0 Å². The van der Waals surface area contributed by atoms with Crippen LogP contribution in [0.1, 0.15) is 0 Å². The molecule has 2 heteroatoms. The summed E-state index contributed by atoms with van der Waals surface area (Å²) in [5.41, 5.74) is 0. The Morgan fingerprint density at radius 2 is 2.17 bits per heavy atom. The van der Waals surface area contributed by atoms with Crippen molar-refractivity contribution in [3.05, 3.63) is 0 Å². The zero-order valence-electron chi connectivity index (χ0n) is 3.94. The van der Waals surface area contributed by atoms with E-state index in [1.54, 1.807) is 0 Å². The minimum atomic E-state index is 0.00463. The van der Waals surface area contributed by atoms with Crippen molar-refractivity contribution >= 4 is 0 Å². The molecule has 36 valence electrons. The summed E-state index contributed by atoms with van der Waals surface area (Å²) in [4.78, 5) is 1.43. The molecule has 1 aliphatic heterocycles. The summed E-state index contributed by atoms with van der Waals surface area (Å²) < 4.78 is 0. The van der Waals surface area contributed by atoms with Crippen molar-refractivity contribution < 1.29 is 10.0 Å². The lowest BCUT2D eigenvalue weighted by Gasteiger charge is -2.27. The third-order valence-corrected chi connectivity index (χ3v) is 1.17. The van der Waals surface area contributed by atoms with E-state index < -0.39 is 0 Å². The number of hydrogen-bond acceptors (Lipinski definition) is 1. The average Bonchev–Trinajstić information content (AvgIpc) is 1.33. The van der Waals surface area contributed by atoms with Crippen LogP contribution in [0.3, 0.4) is 0 Å². The lowest BCUT2D eigenvalue weighted by molar-refractivity contribution is -0.930. The molecule has 1 saturated heterocycles. The molecule has 0 aromatic rings. The van der Waals surface area contributed by atoms with E-state index >= 15 is 0 Å².